The summed E-state index contributed by atoms with van der Waals surface area (Å²) < 4.78 is 1.20. The van der Waals surface area contributed by atoms with Crippen LogP contribution in [0.2, 0.25) is 5.02 Å². The fraction of sp³-hybridized carbons (Fsp3) is 0.333. The Hall–Kier alpha value is -0.350. The van der Waals surface area contributed by atoms with E-state index in [-0.39, 0.29) is 0 Å². The number of hydrogen-bond donors (Lipinski definition) is 1. The Labute approximate surface area is 132 Å². The molecule has 0 fully saturated rings. The van der Waals surface area contributed by atoms with Crippen molar-refractivity contribution in [3.05, 3.63) is 55.6 Å². The number of halogens is 2. The van der Waals surface area contributed by atoms with E-state index in [1.165, 1.54) is 14.2 Å². The van der Waals surface area contributed by atoms with E-state index in [1.54, 1.807) is 11.3 Å². The summed E-state index contributed by atoms with van der Waals surface area (Å²) in [6.45, 7) is 3.18. The van der Waals surface area contributed by atoms with Crippen LogP contribution in [0, 0.1) is 0 Å². The van der Waals surface area contributed by atoms with Crippen LogP contribution in [0.1, 0.15) is 29.8 Å². The lowest BCUT2D eigenvalue weighted by Crippen LogP contribution is -2.23. The van der Waals surface area contributed by atoms with Crippen LogP contribution in [0.15, 0.2) is 40.2 Å². The Balaban J connectivity index is 1.89. The Morgan fingerprint density at radius 3 is 2.79 bits per heavy atom. The summed E-state index contributed by atoms with van der Waals surface area (Å²) in [7, 11) is 0. The molecule has 0 aliphatic heterocycles. The SMILES string of the molecule is CCC(NCCc1ccc(Br)s1)c1cccc(Cl)c1. The molecule has 19 heavy (non-hydrogen) atoms. The van der Waals surface area contributed by atoms with Crippen molar-refractivity contribution < 1.29 is 0 Å². The van der Waals surface area contributed by atoms with Crippen LogP contribution < -0.4 is 5.32 Å². The van der Waals surface area contributed by atoms with Gasteiger partial charge in [-0.05, 0) is 58.6 Å². The number of rotatable bonds is 6. The fourth-order valence-corrected chi connectivity index (χ4v) is 3.76. The molecule has 0 saturated heterocycles. The van der Waals surface area contributed by atoms with Crippen LogP contribution in [0.5, 0.6) is 0 Å². The van der Waals surface area contributed by atoms with Crippen LogP contribution in [-0.2, 0) is 6.42 Å². The molecule has 2 aromatic rings. The molecular weight excluding hydrogens is 342 g/mol. The van der Waals surface area contributed by atoms with Gasteiger partial charge < -0.3 is 5.32 Å². The molecule has 1 aromatic carbocycles. The van der Waals surface area contributed by atoms with E-state index in [1.807, 2.05) is 18.2 Å². The van der Waals surface area contributed by atoms with E-state index in [2.05, 4.69) is 46.4 Å². The van der Waals surface area contributed by atoms with Crippen molar-refractivity contribution in [2.45, 2.75) is 25.8 Å². The molecule has 2 rings (SSSR count). The lowest BCUT2D eigenvalue weighted by Gasteiger charge is -2.17. The van der Waals surface area contributed by atoms with Gasteiger partial charge in [0.2, 0.25) is 0 Å². The zero-order valence-corrected chi connectivity index (χ0v) is 14.0. The van der Waals surface area contributed by atoms with E-state index < -0.39 is 0 Å². The molecule has 1 nitrogen and oxygen atoms in total. The number of thiophene rings is 1. The first kappa shape index (κ1) is 15.0. The van der Waals surface area contributed by atoms with Gasteiger partial charge in [0.05, 0.1) is 3.79 Å². The molecule has 1 N–H and O–H groups in total. The van der Waals surface area contributed by atoms with Crippen molar-refractivity contribution in [1.29, 1.82) is 0 Å². The molecule has 0 radical (unpaired) electrons. The van der Waals surface area contributed by atoms with Crippen molar-refractivity contribution in [3.63, 3.8) is 0 Å². The normalized spacial score (nSPS) is 12.6. The van der Waals surface area contributed by atoms with Crippen LogP contribution in [-0.4, -0.2) is 6.54 Å². The highest BCUT2D eigenvalue weighted by atomic mass is 79.9. The van der Waals surface area contributed by atoms with Crippen LogP contribution in [0.25, 0.3) is 0 Å². The molecule has 0 aliphatic rings. The quantitative estimate of drug-likeness (QED) is 0.724. The van der Waals surface area contributed by atoms with Crippen molar-refractivity contribution >= 4 is 38.9 Å². The van der Waals surface area contributed by atoms with E-state index in [4.69, 9.17) is 11.6 Å². The molecule has 102 valence electrons. The number of hydrogen-bond acceptors (Lipinski definition) is 2. The van der Waals surface area contributed by atoms with Crippen molar-refractivity contribution in [1.82, 2.24) is 5.32 Å². The van der Waals surface area contributed by atoms with E-state index >= 15 is 0 Å². The topological polar surface area (TPSA) is 12.0 Å². The summed E-state index contributed by atoms with van der Waals surface area (Å²) in [5.74, 6) is 0. The summed E-state index contributed by atoms with van der Waals surface area (Å²) in [6, 6.07) is 12.8. The van der Waals surface area contributed by atoms with Gasteiger partial charge in [0.15, 0.2) is 0 Å². The van der Waals surface area contributed by atoms with Gasteiger partial charge in [-0.25, -0.2) is 0 Å². The molecule has 1 unspecified atom stereocenters. The van der Waals surface area contributed by atoms with Crippen molar-refractivity contribution in [2.24, 2.45) is 0 Å². The molecule has 0 amide bonds. The predicted octanol–water partition coefficient (Wildman–Crippen LogP) is 5.45. The first-order valence-corrected chi connectivity index (χ1v) is 8.41. The molecule has 1 aromatic heterocycles. The van der Waals surface area contributed by atoms with Gasteiger partial charge >= 0.3 is 0 Å². The monoisotopic (exact) mass is 357 g/mol. The molecule has 0 spiro atoms. The highest BCUT2D eigenvalue weighted by Crippen LogP contribution is 2.23. The third-order valence-electron chi connectivity index (χ3n) is 3.05. The summed E-state index contributed by atoms with van der Waals surface area (Å²) in [5.41, 5.74) is 1.27. The van der Waals surface area contributed by atoms with Gasteiger partial charge in [-0.1, -0.05) is 30.7 Å². The summed E-state index contributed by atoms with van der Waals surface area (Å²) in [6.07, 6.45) is 2.13. The largest absolute Gasteiger partial charge is 0.310 e. The zero-order chi connectivity index (χ0) is 13.7. The Morgan fingerprint density at radius 1 is 1.32 bits per heavy atom. The van der Waals surface area contributed by atoms with Gasteiger partial charge in [0.1, 0.15) is 0 Å². The predicted molar refractivity (Wildman–Crippen MR) is 88.2 cm³/mol. The summed E-state index contributed by atoms with van der Waals surface area (Å²) in [4.78, 5) is 1.40. The minimum Gasteiger partial charge on any atom is -0.310 e. The highest BCUT2D eigenvalue weighted by Gasteiger charge is 2.08. The van der Waals surface area contributed by atoms with E-state index in [9.17, 15) is 0 Å². The number of benzene rings is 1. The first-order valence-electron chi connectivity index (χ1n) is 6.42. The third kappa shape index (κ3) is 4.60. The third-order valence-corrected chi connectivity index (χ3v) is 4.97. The Morgan fingerprint density at radius 2 is 2.16 bits per heavy atom. The minimum absolute atomic E-state index is 0.377. The molecule has 4 heteroatoms. The minimum atomic E-state index is 0.377. The van der Waals surface area contributed by atoms with Crippen LogP contribution in [0.3, 0.4) is 0 Å². The van der Waals surface area contributed by atoms with Gasteiger partial charge in [-0.3, -0.25) is 0 Å². The average Bonchev–Trinajstić information content (AvgIpc) is 2.80. The zero-order valence-electron chi connectivity index (χ0n) is 10.8. The van der Waals surface area contributed by atoms with Gasteiger partial charge in [-0.15, -0.1) is 11.3 Å². The van der Waals surface area contributed by atoms with Crippen LogP contribution in [0.4, 0.5) is 0 Å². The van der Waals surface area contributed by atoms with Gasteiger partial charge in [0, 0.05) is 22.5 Å². The fourth-order valence-electron chi connectivity index (χ4n) is 2.08. The smallest absolute Gasteiger partial charge is 0.0701 e. The van der Waals surface area contributed by atoms with Crippen molar-refractivity contribution in [2.75, 3.05) is 6.54 Å². The highest BCUT2D eigenvalue weighted by molar-refractivity contribution is 9.11. The first-order chi connectivity index (χ1) is 9.19. The Bertz CT molecular complexity index is 526. The van der Waals surface area contributed by atoms with Gasteiger partial charge in [-0.2, -0.15) is 0 Å². The second-order valence-electron chi connectivity index (χ2n) is 4.43. The average molecular weight is 359 g/mol. The second-order valence-corrected chi connectivity index (χ2v) is 7.41. The maximum Gasteiger partial charge on any atom is 0.0701 e. The molecular formula is C15H17BrClNS. The standard InChI is InChI=1S/C15H17BrClNS/c1-2-14(11-4-3-5-12(17)10-11)18-9-8-13-6-7-15(16)19-13/h3-7,10,14,18H,2,8-9H2,1H3. The van der Waals surface area contributed by atoms with Crippen molar-refractivity contribution in [3.8, 4) is 0 Å². The second kappa shape index (κ2) is 7.44. The maximum absolute atomic E-state index is 6.05. The molecule has 0 saturated carbocycles. The lowest BCUT2D eigenvalue weighted by molar-refractivity contribution is 0.524. The molecule has 0 bridgehead atoms. The van der Waals surface area contributed by atoms with Crippen LogP contribution >= 0.6 is 38.9 Å². The van der Waals surface area contributed by atoms with E-state index in [0.717, 1.165) is 24.4 Å². The lowest BCUT2D eigenvalue weighted by atomic mass is 10.0. The Kier molecular flexibility index (Phi) is 5.89. The number of nitrogens with one attached hydrogen (secondary N) is 1. The molecule has 1 atom stereocenters. The maximum atomic E-state index is 6.05. The van der Waals surface area contributed by atoms with Gasteiger partial charge in [0.25, 0.3) is 0 Å². The van der Waals surface area contributed by atoms with E-state index in [0.29, 0.717) is 6.04 Å². The molecule has 1 heterocycles. The molecule has 0 aliphatic carbocycles. The summed E-state index contributed by atoms with van der Waals surface area (Å²) >= 11 is 11.3. The summed E-state index contributed by atoms with van der Waals surface area (Å²) in [5, 5.41) is 4.41.